The van der Waals surface area contributed by atoms with Gasteiger partial charge in [-0.15, -0.1) is 0 Å². The van der Waals surface area contributed by atoms with Crippen LogP contribution in [0.25, 0.3) is 0 Å². The maximum absolute atomic E-state index is 11.6. The molecule has 3 nitrogen and oxygen atoms in total. The molecule has 0 aliphatic rings. The predicted molar refractivity (Wildman–Crippen MR) is 59.1 cm³/mol. The number of benzene rings is 1. The van der Waals surface area contributed by atoms with Crippen molar-refractivity contribution in [2.24, 2.45) is 0 Å². The number of methoxy groups -OCH3 is 1. The minimum Gasteiger partial charge on any atom is -0.388 e. The molecule has 1 atom stereocenters. The van der Waals surface area contributed by atoms with Crippen LogP contribution in [0.3, 0.4) is 0 Å². The first-order chi connectivity index (χ1) is 6.77. The van der Waals surface area contributed by atoms with E-state index in [1.54, 1.807) is 7.11 Å². The average molecular weight is 213 g/mol. The lowest BCUT2D eigenvalue weighted by Gasteiger charge is -2.03. The zero-order valence-corrected chi connectivity index (χ0v) is 9.26. The van der Waals surface area contributed by atoms with Gasteiger partial charge in [0.2, 0.25) is 0 Å². The van der Waals surface area contributed by atoms with Crippen LogP contribution >= 0.6 is 0 Å². The summed E-state index contributed by atoms with van der Waals surface area (Å²) in [6, 6.07) is 7.58. The third kappa shape index (κ3) is 3.12. The largest absolute Gasteiger partial charge is 0.388 e. The van der Waals surface area contributed by atoms with E-state index < -0.39 is 10.8 Å². The second-order valence-electron chi connectivity index (χ2n) is 2.82. The third-order valence-electron chi connectivity index (χ3n) is 1.88. The van der Waals surface area contributed by atoms with E-state index in [-0.39, 0.29) is 0 Å². The van der Waals surface area contributed by atoms with Crippen molar-refractivity contribution < 1.29 is 8.95 Å². The van der Waals surface area contributed by atoms with Crippen molar-refractivity contribution in [3.05, 3.63) is 24.3 Å². The van der Waals surface area contributed by atoms with Crippen molar-refractivity contribution in [3.8, 4) is 0 Å². The number of rotatable bonds is 5. The van der Waals surface area contributed by atoms with E-state index in [1.807, 2.05) is 31.3 Å². The van der Waals surface area contributed by atoms with Crippen LogP contribution in [0.5, 0.6) is 0 Å². The van der Waals surface area contributed by atoms with Gasteiger partial charge in [0.1, 0.15) is 0 Å². The molecule has 1 rings (SSSR count). The maximum Gasteiger partial charge on any atom is 0.0581 e. The molecule has 0 radical (unpaired) electrons. The number of ether oxygens (including phenoxy) is 1. The molecule has 78 valence electrons. The summed E-state index contributed by atoms with van der Waals surface area (Å²) in [7, 11) is 2.52. The molecule has 4 heteroatoms. The summed E-state index contributed by atoms with van der Waals surface area (Å²) < 4.78 is 16.5. The van der Waals surface area contributed by atoms with Crippen molar-refractivity contribution >= 4 is 16.5 Å². The zero-order chi connectivity index (χ0) is 10.4. The Morgan fingerprint density at radius 1 is 1.36 bits per heavy atom. The molecule has 14 heavy (non-hydrogen) atoms. The van der Waals surface area contributed by atoms with E-state index >= 15 is 0 Å². The molecule has 0 saturated carbocycles. The van der Waals surface area contributed by atoms with Gasteiger partial charge >= 0.3 is 0 Å². The van der Waals surface area contributed by atoms with Crippen LogP contribution in [-0.2, 0) is 15.5 Å². The monoisotopic (exact) mass is 213 g/mol. The number of nitrogens with one attached hydrogen (secondary N) is 1. The molecule has 1 unspecified atom stereocenters. The minimum absolute atomic E-state index is 0.528. The summed E-state index contributed by atoms with van der Waals surface area (Å²) in [5.74, 6) is 0.551. The summed E-state index contributed by atoms with van der Waals surface area (Å²) in [6.07, 6.45) is 0. The molecule has 0 amide bonds. The molecule has 0 heterocycles. The molecule has 0 aliphatic carbocycles. The quantitative estimate of drug-likeness (QED) is 0.805. The summed E-state index contributed by atoms with van der Waals surface area (Å²) in [6.45, 7) is 0.528. The van der Waals surface area contributed by atoms with Crippen LogP contribution in [-0.4, -0.2) is 30.7 Å². The Balaban J connectivity index is 2.62. The molecule has 1 N–H and O–H groups in total. The average Bonchev–Trinajstić information content (AvgIpc) is 2.26. The normalized spacial score (nSPS) is 12.4. The third-order valence-corrected chi connectivity index (χ3v) is 3.21. The predicted octanol–water partition coefficient (Wildman–Crippen LogP) is 1.48. The fourth-order valence-electron chi connectivity index (χ4n) is 1.05. The number of hydrogen-bond acceptors (Lipinski definition) is 3. The highest BCUT2D eigenvalue weighted by Crippen LogP contribution is 2.11. The van der Waals surface area contributed by atoms with E-state index in [4.69, 9.17) is 4.74 Å². The molecule has 0 spiro atoms. The van der Waals surface area contributed by atoms with E-state index in [1.165, 1.54) is 0 Å². The van der Waals surface area contributed by atoms with Crippen LogP contribution in [0.4, 0.5) is 5.69 Å². The van der Waals surface area contributed by atoms with Gasteiger partial charge in [0.15, 0.2) is 0 Å². The Hall–Kier alpha value is -0.870. The smallest absolute Gasteiger partial charge is 0.0581 e. The number of hydrogen-bond donors (Lipinski definition) is 1. The van der Waals surface area contributed by atoms with Gasteiger partial charge in [-0.05, 0) is 24.3 Å². The summed E-state index contributed by atoms with van der Waals surface area (Å²) in [4.78, 5) is 0.848. The fourth-order valence-corrected chi connectivity index (χ4v) is 2.04. The summed E-state index contributed by atoms with van der Waals surface area (Å²) in [5.41, 5.74) is 1.03. The lowest BCUT2D eigenvalue weighted by molar-refractivity contribution is 0.218. The lowest BCUT2D eigenvalue weighted by atomic mass is 10.3. The first kappa shape index (κ1) is 11.2. The topological polar surface area (TPSA) is 38.3 Å². The van der Waals surface area contributed by atoms with Gasteiger partial charge < -0.3 is 10.1 Å². The second kappa shape index (κ2) is 5.78. The molecular formula is C10H15NO2S. The lowest BCUT2D eigenvalue weighted by Crippen LogP contribution is -2.04. The summed E-state index contributed by atoms with van der Waals surface area (Å²) >= 11 is 0. The van der Waals surface area contributed by atoms with Crippen LogP contribution in [0.1, 0.15) is 0 Å². The summed E-state index contributed by atoms with van der Waals surface area (Å²) in [5, 5.41) is 3.01. The molecular weight excluding hydrogens is 198 g/mol. The fraction of sp³-hybridized carbons (Fsp3) is 0.400. The van der Waals surface area contributed by atoms with Gasteiger partial charge in [-0.1, -0.05) is 0 Å². The highest BCUT2D eigenvalue weighted by atomic mass is 32.2. The number of anilines is 1. The SMILES string of the molecule is CNc1ccc(S(=O)CCOC)cc1. The Kier molecular flexibility index (Phi) is 4.62. The zero-order valence-electron chi connectivity index (χ0n) is 8.45. The standard InChI is InChI=1S/C10H15NO2S/c1-11-9-3-5-10(6-4-9)14(12)8-7-13-2/h3-6,11H,7-8H2,1-2H3. The van der Waals surface area contributed by atoms with Crippen molar-refractivity contribution in [2.45, 2.75) is 4.90 Å². The van der Waals surface area contributed by atoms with E-state index in [9.17, 15) is 4.21 Å². The van der Waals surface area contributed by atoms with Crippen LogP contribution in [0, 0.1) is 0 Å². The first-order valence-electron chi connectivity index (χ1n) is 4.43. The van der Waals surface area contributed by atoms with Gasteiger partial charge in [0, 0.05) is 24.7 Å². The van der Waals surface area contributed by atoms with Crippen molar-refractivity contribution in [3.63, 3.8) is 0 Å². The molecule has 1 aromatic carbocycles. The maximum atomic E-state index is 11.6. The highest BCUT2D eigenvalue weighted by molar-refractivity contribution is 7.85. The second-order valence-corrected chi connectivity index (χ2v) is 4.39. The van der Waals surface area contributed by atoms with Gasteiger partial charge in [-0.2, -0.15) is 0 Å². The van der Waals surface area contributed by atoms with Gasteiger partial charge in [0.05, 0.1) is 23.2 Å². The first-order valence-corrected chi connectivity index (χ1v) is 5.75. The highest BCUT2D eigenvalue weighted by Gasteiger charge is 2.02. The molecule has 0 aromatic heterocycles. The van der Waals surface area contributed by atoms with Crippen LogP contribution in [0.2, 0.25) is 0 Å². The molecule has 0 bridgehead atoms. The van der Waals surface area contributed by atoms with E-state index in [0.29, 0.717) is 12.4 Å². The Bertz CT molecular complexity index is 297. The Morgan fingerprint density at radius 2 is 2.00 bits per heavy atom. The van der Waals surface area contributed by atoms with Crippen LogP contribution in [0.15, 0.2) is 29.2 Å². The Morgan fingerprint density at radius 3 is 2.50 bits per heavy atom. The van der Waals surface area contributed by atoms with Crippen molar-refractivity contribution in [2.75, 3.05) is 31.8 Å². The van der Waals surface area contributed by atoms with Crippen LogP contribution < -0.4 is 5.32 Å². The van der Waals surface area contributed by atoms with E-state index in [0.717, 1.165) is 10.6 Å². The Labute approximate surface area is 86.9 Å². The molecule has 0 saturated heterocycles. The van der Waals surface area contributed by atoms with E-state index in [2.05, 4.69) is 5.32 Å². The molecule has 0 fully saturated rings. The van der Waals surface area contributed by atoms with Gasteiger partial charge in [-0.25, -0.2) is 0 Å². The minimum atomic E-state index is -0.946. The van der Waals surface area contributed by atoms with Crippen molar-refractivity contribution in [1.29, 1.82) is 0 Å². The van der Waals surface area contributed by atoms with Crippen molar-refractivity contribution in [1.82, 2.24) is 0 Å². The molecule has 1 aromatic rings. The van der Waals surface area contributed by atoms with Gasteiger partial charge in [0.25, 0.3) is 0 Å². The molecule has 0 aliphatic heterocycles. The van der Waals surface area contributed by atoms with Gasteiger partial charge in [-0.3, -0.25) is 4.21 Å².